The van der Waals surface area contributed by atoms with Crippen LogP contribution in [0.4, 0.5) is 0 Å². The van der Waals surface area contributed by atoms with E-state index in [9.17, 15) is 9.59 Å². The van der Waals surface area contributed by atoms with Crippen molar-refractivity contribution >= 4 is 58.2 Å². The van der Waals surface area contributed by atoms with Gasteiger partial charge in [-0.3, -0.25) is 9.59 Å². The maximum Gasteiger partial charge on any atom is 0.261 e. The summed E-state index contributed by atoms with van der Waals surface area (Å²) < 4.78 is 5.57. The maximum atomic E-state index is 13.0. The Labute approximate surface area is 196 Å². The molecule has 0 spiro atoms. The van der Waals surface area contributed by atoms with Crippen molar-refractivity contribution in [1.29, 1.82) is 0 Å². The first-order valence-electron chi connectivity index (χ1n) is 9.31. The first-order chi connectivity index (χ1) is 14.2. The molecule has 2 amide bonds. The molecule has 0 aromatic heterocycles. The highest BCUT2D eigenvalue weighted by molar-refractivity contribution is 6.42. The number of hydrogen-bond acceptors (Lipinski definition) is 3. The van der Waals surface area contributed by atoms with Gasteiger partial charge in [-0.2, -0.15) is 0 Å². The Morgan fingerprint density at radius 2 is 1.77 bits per heavy atom. The van der Waals surface area contributed by atoms with Crippen LogP contribution in [-0.2, 0) is 16.1 Å². The van der Waals surface area contributed by atoms with Crippen LogP contribution in [0, 0.1) is 0 Å². The summed E-state index contributed by atoms with van der Waals surface area (Å²) in [4.78, 5) is 26.9. The van der Waals surface area contributed by atoms with Crippen molar-refractivity contribution in [3.63, 3.8) is 0 Å². The molecule has 0 aliphatic heterocycles. The second kappa shape index (κ2) is 11.7. The highest BCUT2D eigenvalue weighted by Crippen LogP contribution is 2.28. The van der Waals surface area contributed by atoms with E-state index in [2.05, 4.69) is 5.32 Å². The van der Waals surface area contributed by atoms with Crippen molar-refractivity contribution in [2.24, 2.45) is 0 Å². The SMILES string of the molecule is CCCNC(=O)[C@H](C)N(Cc1ccc(Cl)c(Cl)c1)C(=O)COc1ccc(Cl)cc1Cl. The summed E-state index contributed by atoms with van der Waals surface area (Å²) in [6, 6.07) is 9.06. The average molecular weight is 492 g/mol. The number of carbonyl (C=O) groups excluding carboxylic acids is 2. The molecular weight excluding hydrogens is 470 g/mol. The molecule has 0 heterocycles. The largest absolute Gasteiger partial charge is 0.482 e. The molecule has 0 aliphatic carbocycles. The molecule has 162 valence electrons. The Morgan fingerprint density at radius 3 is 2.40 bits per heavy atom. The molecule has 0 fully saturated rings. The van der Waals surface area contributed by atoms with Crippen molar-refractivity contribution in [3.05, 3.63) is 62.1 Å². The Morgan fingerprint density at radius 1 is 1.03 bits per heavy atom. The van der Waals surface area contributed by atoms with Crippen molar-refractivity contribution in [2.45, 2.75) is 32.9 Å². The minimum absolute atomic E-state index is 0.161. The normalized spacial score (nSPS) is 11.7. The molecule has 1 atom stereocenters. The average Bonchev–Trinajstić information content (AvgIpc) is 2.71. The molecule has 0 saturated carbocycles. The highest BCUT2D eigenvalue weighted by Gasteiger charge is 2.26. The summed E-state index contributed by atoms with van der Waals surface area (Å²) >= 11 is 24.1. The fourth-order valence-electron chi connectivity index (χ4n) is 2.63. The topological polar surface area (TPSA) is 58.6 Å². The van der Waals surface area contributed by atoms with Gasteiger partial charge in [-0.15, -0.1) is 0 Å². The summed E-state index contributed by atoms with van der Waals surface area (Å²) in [5, 5.41) is 4.34. The molecular formula is C21H22Cl4N2O3. The number of carbonyl (C=O) groups is 2. The van der Waals surface area contributed by atoms with Crippen LogP contribution in [0.15, 0.2) is 36.4 Å². The molecule has 5 nitrogen and oxygen atoms in total. The number of amides is 2. The first kappa shape index (κ1) is 24.6. The second-order valence-corrected chi connectivity index (χ2v) is 8.26. The smallest absolute Gasteiger partial charge is 0.261 e. The summed E-state index contributed by atoms with van der Waals surface area (Å²) in [7, 11) is 0. The van der Waals surface area contributed by atoms with Gasteiger partial charge in [0.1, 0.15) is 11.8 Å². The van der Waals surface area contributed by atoms with Gasteiger partial charge in [0.15, 0.2) is 6.61 Å². The van der Waals surface area contributed by atoms with E-state index in [4.69, 9.17) is 51.1 Å². The number of nitrogens with zero attached hydrogens (tertiary/aromatic N) is 1. The lowest BCUT2D eigenvalue weighted by molar-refractivity contribution is -0.142. The molecule has 9 heteroatoms. The van der Waals surface area contributed by atoms with Crippen LogP contribution in [0.25, 0.3) is 0 Å². The zero-order valence-electron chi connectivity index (χ0n) is 16.6. The third-order valence-corrected chi connectivity index (χ3v) is 5.57. The van der Waals surface area contributed by atoms with E-state index in [1.165, 1.54) is 11.0 Å². The highest BCUT2D eigenvalue weighted by atomic mass is 35.5. The number of ether oxygens (including phenoxy) is 1. The van der Waals surface area contributed by atoms with Gasteiger partial charge in [0, 0.05) is 18.1 Å². The predicted octanol–water partition coefficient (Wildman–Crippen LogP) is 5.62. The summed E-state index contributed by atoms with van der Waals surface area (Å²) in [6.45, 7) is 4.00. The number of rotatable bonds is 9. The van der Waals surface area contributed by atoms with Gasteiger partial charge in [0.25, 0.3) is 5.91 Å². The van der Waals surface area contributed by atoms with Crippen LogP contribution >= 0.6 is 46.4 Å². The predicted molar refractivity (Wildman–Crippen MR) is 122 cm³/mol. The molecule has 30 heavy (non-hydrogen) atoms. The summed E-state index contributed by atoms with van der Waals surface area (Å²) in [5.74, 6) is -0.312. The molecule has 0 saturated heterocycles. The molecule has 1 N–H and O–H groups in total. The molecule has 0 radical (unpaired) electrons. The van der Waals surface area contributed by atoms with E-state index in [0.717, 1.165) is 12.0 Å². The van der Waals surface area contributed by atoms with E-state index in [-0.39, 0.29) is 25.0 Å². The number of hydrogen-bond donors (Lipinski definition) is 1. The minimum Gasteiger partial charge on any atom is -0.482 e. The van der Waals surface area contributed by atoms with Gasteiger partial charge < -0.3 is 15.0 Å². The molecule has 0 unspecified atom stereocenters. The fraction of sp³-hybridized carbons (Fsp3) is 0.333. The van der Waals surface area contributed by atoms with Crippen molar-refractivity contribution in [3.8, 4) is 5.75 Å². The van der Waals surface area contributed by atoms with E-state index in [1.54, 1.807) is 37.3 Å². The Kier molecular flexibility index (Phi) is 9.56. The quantitative estimate of drug-likeness (QED) is 0.495. The van der Waals surface area contributed by atoms with Gasteiger partial charge in [-0.05, 0) is 49.2 Å². The Hall–Kier alpha value is -1.66. The van der Waals surface area contributed by atoms with Crippen molar-refractivity contribution in [2.75, 3.05) is 13.2 Å². The third-order valence-electron chi connectivity index (χ3n) is 4.30. The van der Waals surface area contributed by atoms with E-state index in [0.29, 0.717) is 32.4 Å². The van der Waals surface area contributed by atoms with Gasteiger partial charge >= 0.3 is 0 Å². The molecule has 0 bridgehead atoms. The van der Waals surface area contributed by atoms with Crippen molar-refractivity contribution < 1.29 is 14.3 Å². The van der Waals surface area contributed by atoms with Crippen molar-refractivity contribution in [1.82, 2.24) is 10.2 Å². The van der Waals surface area contributed by atoms with E-state index < -0.39 is 6.04 Å². The van der Waals surface area contributed by atoms with E-state index in [1.807, 2.05) is 6.92 Å². The third kappa shape index (κ3) is 6.95. The second-order valence-electron chi connectivity index (χ2n) is 6.60. The van der Waals surface area contributed by atoms with Gasteiger partial charge in [0.05, 0.1) is 15.1 Å². The monoisotopic (exact) mass is 490 g/mol. The number of halogens is 4. The maximum absolute atomic E-state index is 13.0. The van der Waals surface area contributed by atoms with E-state index >= 15 is 0 Å². The van der Waals surface area contributed by atoms with Crippen LogP contribution in [0.2, 0.25) is 20.1 Å². The number of benzene rings is 2. The first-order valence-corrected chi connectivity index (χ1v) is 10.8. The van der Waals surface area contributed by atoms with Gasteiger partial charge in [-0.25, -0.2) is 0 Å². The standard InChI is InChI=1S/C21H22Cl4N2O3/c1-3-8-26-21(29)13(2)27(11-14-4-6-16(23)17(24)9-14)20(28)12-30-19-7-5-15(22)10-18(19)25/h4-7,9-10,13H,3,8,11-12H2,1-2H3,(H,26,29)/t13-/m0/s1. The molecule has 2 aromatic carbocycles. The lowest BCUT2D eigenvalue weighted by atomic mass is 10.1. The Bertz CT molecular complexity index is 908. The van der Waals surface area contributed by atoms with Gasteiger partial charge in [0.2, 0.25) is 5.91 Å². The minimum atomic E-state index is -0.720. The lowest BCUT2D eigenvalue weighted by Crippen LogP contribution is -2.49. The van der Waals surface area contributed by atoms with Crippen LogP contribution in [-0.4, -0.2) is 35.9 Å². The zero-order valence-corrected chi connectivity index (χ0v) is 19.6. The zero-order chi connectivity index (χ0) is 22.3. The fourth-order valence-corrected chi connectivity index (χ4v) is 3.41. The summed E-state index contributed by atoms with van der Waals surface area (Å²) in [6.07, 6.45) is 0.789. The van der Waals surface area contributed by atoms with Crippen LogP contribution in [0.3, 0.4) is 0 Å². The van der Waals surface area contributed by atoms with Crippen LogP contribution in [0.1, 0.15) is 25.8 Å². The van der Waals surface area contributed by atoms with Gasteiger partial charge in [-0.1, -0.05) is 59.4 Å². The Balaban J connectivity index is 2.18. The summed E-state index contributed by atoms with van der Waals surface area (Å²) in [5.41, 5.74) is 0.734. The van der Waals surface area contributed by atoms with Crippen LogP contribution in [0.5, 0.6) is 5.75 Å². The lowest BCUT2D eigenvalue weighted by Gasteiger charge is -2.29. The molecule has 2 rings (SSSR count). The number of nitrogens with one attached hydrogen (secondary N) is 1. The van der Waals surface area contributed by atoms with Crippen LogP contribution < -0.4 is 10.1 Å². The molecule has 0 aliphatic rings. The molecule has 2 aromatic rings.